The molecule has 8 atom stereocenters. The van der Waals surface area contributed by atoms with Crippen molar-refractivity contribution < 1.29 is 28.7 Å². The van der Waals surface area contributed by atoms with Gasteiger partial charge in [0.1, 0.15) is 0 Å². The van der Waals surface area contributed by atoms with Gasteiger partial charge in [0.2, 0.25) is 0 Å². The summed E-state index contributed by atoms with van der Waals surface area (Å²) in [6, 6.07) is 32.2. The summed E-state index contributed by atoms with van der Waals surface area (Å²) in [6.07, 6.45) is 1.03. The van der Waals surface area contributed by atoms with Gasteiger partial charge in [0.25, 0.3) is 0 Å². The van der Waals surface area contributed by atoms with E-state index in [2.05, 4.69) is 24.3 Å². The second kappa shape index (κ2) is 10.1. The van der Waals surface area contributed by atoms with Crippen LogP contribution in [0.3, 0.4) is 0 Å². The van der Waals surface area contributed by atoms with Crippen molar-refractivity contribution in [2.24, 2.45) is 23.7 Å². The maximum atomic E-state index is 14.4. The van der Waals surface area contributed by atoms with Gasteiger partial charge in [0.15, 0.2) is 23.1 Å². The predicted molar refractivity (Wildman–Crippen MR) is 200 cm³/mol. The van der Waals surface area contributed by atoms with Crippen LogP contribution in [0.2, 0.25) is 0 Å². The van der Waals surface area contributed by atoms with Gasteiger partial charge in [0.05, 0.1) is 48.1 Å². The molecule has 54 heavy (non-hydrogen) atoms. The van der Waals surface area contributed by atoms with E-state index in [1.165, 1.54) is 0 Å². The summed E-state index contributed by atoms with van der Waals surface area (Å²) >= 11 is 0. The Morgan fingerprint density at radius 2 is 0.593 bits per heavy atom. The van der Waals surface area contributed by atoms with E-state index in [1.807, 2.05) is 72.8 Å². The van der Waals surface area contributed by atoms with Gasteiger partial charge in [-0.05, 0) is 116 Å². The van der Waals surface area contributed by atoms with Crippen LogP contribution in [0.5, 0.6) is 0 Å². The molecular formula is C48H32O6. The second-order valence-electron chi connectivity index (χ2n) is 16.4. The van der Waals surface area contributed by atoms with E-state index in [1.54, 1.807) is 0 Å². The number of ketones is 4. The lowest BCUT2D eigenvalue weighted by Crippen LogP contribution is -2.40. The third kappa shape index (κ3) is 3.55. The number of aryl methyl sites for hydroxylation is 4. The van der Waals surface area contributed by atoms with Crippen molar-refractivity contribution in [2.45, 2.75) is 50.1 Å². The first kappa shape index (κ1) is 29.8. The molecule has 8 bridgehead atoms. The van der Waals surface area contributed by atoms with Gasteiger partial charge in [-0.2, -0.15) is 0 Å². The minimum atomic E-state index is -0.538. The zero-order chi connectivity index (χ0) is 35.7. The maximum Gasteiger partial charge on any atom is 0.170 e. The molecule has 260 valence electrons. The smallest absolute Gasteiger partial charge is 0.170 e. The summed E-state index contributed by atoms with van der Waals surface area (Å²) in [4.78, 5) is 57.5. The van der Waals surface area contributed by atoms with E-state index in [4.69, 9.17) is 9.47 Å². The molecule has 8 unspecified atom stereocenters. The number of rotatable bonds is 0. The average Bonchev–Trinajstić information content (AvgIpc) is 3.98. The van der Waals surface area contributed by atoms with Gasteiger partial charge < -0.3 is 9.47 Å². The molecule has 8 aliphatic rings. The molecule has 4 aliphatic heterocycles. The minimum Gasteiger partial charge on any atom is -0.364 e. The van der Waals surface area contributed by atoms with Gasteiger partial charge in [-0.15, -0.1) is 0 Å². The third-order valence-electron chi connectivity index (χ3n) is 14.1. The number of ether oxygens (including phenoxy) is 2. The summed E-state index contributed by atoms with van der Waals surface area (Å²) in [5, 5.41) is 3.82. The molecule has 0 amide bonds. The van der Waals surface area contributed by atoms with Crippen molar-refractivity contribution in [1.82, 2.24) is 0 Å². The molecule has 2 saturated heterocycles. The number of hydrogen-bond donors (Lipinski definition) is 0. The van der Waals surface area contributed by atoms with Crippen LogP contribution in [0.25, 0.3) is 21.5 Å². The number of carbonyl (C=O) groups is 4. The van der Waals surface area contributed by atoms with Crippen LogP contribution in [0.15, 0.2) is 97.1 Å². The van der Waals surface area contributed by atoms with Crippen LogP contribution in [0.1, 0.15) is 110 Å². The van der Waals surface area contributed by atoms with Crippen molar-refractivity contribution in [2.75, 3.05) is 0 Å². The van der Waals surface area contributed by atoms with Crippen LogP contribution in [-0.2, 0) is 35.2 Å². The lowest BCUT2D eigenvalue weighted by Gasteiger charge is -2.35. The number of benzene rings is 6. The zero-order valence-corrected chi connectivity index (χ0v) is 29.1. The third-order valence-corrected chi connectivity index (χ3v) is 14.1. The van der Waals surface area contributed by atoms with Crippen molar-refractivity contribution in [3.05, 3.63) is 164 Å². The summed E-state index contributed by atoms with van der Waals surface area (Å²) in [6.45, 7) is 0. The highest BCUT2D eigenvalue weighted by Gasteiger charge is 2.63. The van der Waals surface area contributed by atoms with Crippen LogP contribution in [-0.4, -0.2) is 23.1 Å². The number of carbonyl (C=O) groups excluding carboxylic acids is 4. The molecule has 6 nitrogen and oxygen atoms in total. The molecule has 4 aliphatic carbocycles. The first-order valence-corrected chi connectivity index (χ1v) is 19.3. The average molecular weight is 705 g/mol. The highest BCUT2D eigenvalue weighted by atomic mass is 16.5. The molecule has 0 saturated carbocycles. The fourth-order valence-electron chi connectivity index (χ4n) is 11.8. The Morgan fingerprint density at radius 1 is 0.352 bits per heavy atom. The van der Waals surface area contributed by atoms with Gasteiger partial charge in [-0.3, -0.25) is 19.2 Å². The van der Waals surface area contributed by atoms with Gasteiger partial charge in [0, 0.05) is 22.3 Å². The van der Waals surface area contributed by atoms with E-state index in [9.17, 15) is 19.2 Å². The lowest BCUT2D eigenvalue weighted by molar-refractivity contribution is 0.0496. The molecule has 0 aromatic heterocycles. The lowest BCUT2D eigenvalue weighted by atomic mass is 9.63. The van der Waals surface area contributed by atoms with Gasteiger partial charge in [-0.25, -0.2) is 0 Å². The fourth-order valence-corrected chi connectivity index (χ4v) is 11.8. The van der Waals surface area contributed by atoms with Crippen LogP contribution >= 0.6 is 0 Å². The molecule has 6 aromatic carbocycles. The molecule has 0 radical (unpaired) electrons. The van der Waals surface area contributed by atoms with Crippen LogP contribution < -0.4 is 0 Å². The number of fused-ring (bicyclic) bond motifs is 20. The van der Waals surface area contributed by atoms with E-state index < -0.39 is 48.1 Å². The summed E-state index contributed by atoms with van der Waals surface area (Å²) < 4.78 is 13.5. The molecule has 14 rings (SSSR count). The molecule has 0 spiro atoms. The summed E-state index contributed by atoms with van der Waals surface area (Å²) in [5.41, 5.74) is 11.1. The molecule has 6 aromatic rings. The van der Waals surface area contributed by atoms with Crippen LogP contribution in [0.4, 0.5) is 0 Å². The largest absolute Gasteiger partial charge is 0.364 e. The predicted octanol–water partition coefficient (Wildman–Crippen LogP) is 8.75. The number of hydrogen-bond acceptors (Lipinski definition) is 6. The van der Waals surface area contributed by atoms with Crippen molar-refractivity contribution >= 4 is 44.7 Å². The standard InChI is InChI=1S/C48H32O6/c49-41-29-17-25-5-1-2-6-26(25)18-30(29)42(50)38-37(41)45-33-21-9-10-22(34(33)46(38)53-45)15-16-24-12-11-23(14-13-21)35-36(24)48-40-39(47(35)54-48)43(51)31-19-27-7-3-4-8-28(27)20-32(31)44(40)52/h1-12,17-20,37-40,45-48H,13-16H2. The summed E-state index contributed by atoms with van der Waals surface area (Å²) in [5.74, 6) is -2.12. The van der Waals surface area contributed by atoms with Crippen molar-refractivity contribution in [3.63, 3.8) is 0 Å². The Balaban J connectivity index is 0.901. The summed E-state index contributed by atoms with van der Waals surface area (Å²) in [7, 11) is 0. The van der Waals surface area contributed by atoms with Crippen molar-refractivity contribution in [1.29, 1.82) is 0 Å². The molecular weight excluding hydrogens is 673 g/mol. The first-order chi connectivity index (χ1) is 26.4. The Morgan fingerprint density at radius 3 is 0.833 bits per heavy atom. The fraction of sp³-hybridized carbons (Fsp3) is 0.250. The van der Waals surface area contributed by atoms with E-state index >= 15 is 0 Å². The maximum absolute atomic E-state index is 14.4. The first-order valence-electron chi connectivity index (χ1n) is 19.3. The minimum absolute atomic E-state index is 0.00708. The Bertz CT molecular complexity index is 2450. The Labute approximate surface area is 310 Å². The highest BCUT2D eigenvalue weighted by Crippen LogP contribution is 2.64. The topological polar surface area (TPSA) is 86.7 Å². The zero-order valence-electron chi connectivity index (χ0n) is 29.1. The molecule has 6 heteroatoms. The Kier molecular flexibility index (Phi) is 5.60. The SMILES string of the molecule is O=C1c2cc3ccccc3cc2C(=O)C2C3OC(c4c5ccc(c43)CCc3ccc(c4c3C3OC4C4C(=O)c6cc7ccccc7cc6C(=O)C34)CC5)C12. The molecule has 0 N–H and O–H groups in total. The number of Topliss-reactive ketones (excluding diaryl/α,β-unsaturated/α-hetero) is 4. The van der Waals surface area contributed by atoms with Gasteiger partial charge >= 0.3 is 0 Å². The van der Waals surface area contributed by atoms with E-state index in [0.717, 1.165) is 91.7 Å². The normalized spacial score (nSPS) is 29.2. The van der Waals surface area contributed by atoms with Crippen molar-refractivity contribution in [3.8, 4) is 0 Å². The van der Waals surface area contributed by atoms with Gasteiger partial charge in [-0.1, -0.05) is 72.8 Å². The Hall–Kier alpha value is -5.56. The van der Waals surface area contributed by atoms with Crippen LogP contribution in [0, 0.1) is 23.7 Å². The monoisotopic (exact) mass is 704 g/mol. The highest BCUT2D eigenvalue weighted by molar-refractivity contribution is 6.20. The second-order valence-corrected chi connectivity index (χ2v) is 16.4. The van der Waals surface area contributed by atoms with E-state index in [-0.39, 0.29) is 23.1 Å². The quantitative estimate of drug-likeness (QED) is 0.157. The molecule has 2 fully saturated rings. The van der Waals surface area contributed by atoms with E-state index in [0.29, 0.717) is 22.3 Å². The molecule has 4 heterocycles.